The third-order valence-electron chi connectivity index (χ3n) is 4.83. The van der Waals surface area contributed by atoms with Gasteiger partial charge in [0.25, 0.3) is 5.72 Å². The van der Waals surface area contributed by atoms with Crippen molar-refractivity contribution in [1.29, 1.82) is 0 Å². The van der Waals surface area contributed by atoms with E-state index in [1.54, 1.807) is 0 Å². The van der Waals surface area contributed by atoms with Crippen molar-refractivity contribution in [2.45, 2.75) is 24.5 Å². The number of aliphatic hydroxyl groups is 1. The van der Waals surface area contributed by atoms with Crippen molar-refractivity contribution in [1.82, 2.24) is 9.97 Å². The molecule has 33 heavy (non-hydrogen) atoms. The van der Waals surface area contributed by atoms with Gasteiger partial charge in [0, 0.05) is 0 Å². The molecule has 0 radical (unpaired) electrons. The molecular weight excluding hydrogens is 458 g/mol. The fourth-order valence-corrected chi connectivity index (χ4v) is 3.15. The number of methoxy groups -OCH3 is 1. The SMILES string of the molecule is COc1ccc(C2=NN(c3nc(-c4ccco4)cc(C(F)(F)F)n3)[C@](O)(C(F)(F)F)C2)cc1. The summed E-state index contributed by atoms with van der Waals surface area (Å²) in [4.78, 5) is 6.99. The minimum Gasteiger partial charge on any atom is -0.497 e. The maximum atomic E-state index is 13.9. The van der Waals surface area contributed by atoms with Gasteiger partial charge in [-0.25, -0.2) is 9.97 Å². The summed E-state index contributed by atoms with van der Waals surface area (Å²) in [5.74, 6) is -0.817. The highest BCUT2D eigenvalue weighted by atomic mass is 19.4. The van der Waals surface area contributed by atoms with Crippen LogP contribution in [0.25, 0.3) is 11.5 Å². The molecule has 4 rings (SSSR count). The zero-order valence-electron chi connectivity index (χ0n) is 16.6. The van der Waals surface area contributed by atoms with Crippen LogP contribution in [-0.4, -0.2) is 39.8 Å². The minimum atomic E-state index is -5.31. The summed E-state index contributed by atoms with van der Waals surface area (Å²) in [5, 5.41) is 14.3. The van der Waals surface area contributed by atoms with Crippen molar-refractivity contribution in [3.05, 3.63) is 60.0 Å². The lowest BCUT2D eigenvalue weighted by atomic mass is 10.0. The summed E-state index contributed by atoms with van der Waals surface area (Å²) >= 11 is 0. The number of hydrogen-bond acceptors (Lipinski definition) is 7. The first-order valence-electron chi connectivity index (χ1n) is 9.24. The highest BCUT2D eigenvalue weighted by Gasteiger charge is 2.63. The Kier molecular flexibility index (Phi) is 5.31. The summed E-state index contributed by atoms with van der Waals surface area (Å²) in [6.45, 7) is 0. The molecule has 0 unspecified atom stereocenters. The Bertz CT molecular complexity index is 1180. The van der Waals surface area contributed by atoms with E-state index in [0.29, 0.717) is 11.8 Å². The van der Waals surface area contributed by atoms with E-state index in [1.165, 1.54) is 43.5 Å². The van der Waals surface area contributed by atoms with Crippen molar-refractivity contribution >= 4 is 11.7 Å². The smallest absolute Gasteiger partial charge is 0.438 e. The number of nitrogens with zero attached hydrogens (tertiary/aromatic N) is 4. The molecule has 0 saturated heterocycles. The molecule has 1 aromatic carbocycles. The van der Waals surface area contributed by atoms with E-state index in [1.807, 2.05) is 0 Å². The molecule has 1 aliphatic rings. The molecule has 1 aliphatic heterocycles. The molecule has 0 amide bonds. The van der Waals surface area contributed by atoms with E-state index in [2.05, 4.69) is 15.1 Å². The first kappa shape index (κ1) is 22.6. The van der Waals surface area contributed by atoms with Gasteiger partial charge in [-0.2, -0.15) is 36.5 Å². The second-order valence-electron chi connectivity index (χ2n) is 6.99. The maximum absolute atomic E-state index is 13.9. The average molecular weight is 472 g/mol. The van der Waals surface area contributed by atoms with Crippen LogP contribution in [0.5, 0.6) is 5.75 Å². The maximum Gasteiger partial charge on any atom is 0.438 e. The molecule has 13 heteroatoms. The van der Waals surface area contributed by atoms with Gasteiger partial charge in [0.1, 0.15) is 11.4 Å². The quantitative estimate of drug-likeness (QED) is 0.558. The van der Waals surface area contributed by atoms with E-state index in [0.717, 1.165) is 6.26 Å². The van der Waals surface area contributed by atoms with Gasteiger partial charge in [0.15, 0.2) is 11.5 Å². The molecule has 0 bridgehead atoms. The first-order valence-corrected chi connectivity index (χ1v) is 9.24. The van der Waals surface area contributed by atoms with Gasteiger partial charge >= 0.3 is 12.4 Å². The van der Waals surface area contributed by atoms with Crippen LogP contribution in [0.1, 0.15) is 17.7 Å². The third-order valence-corrected chi connectivity index (χ3v) is 4.83. The van der Waals surface area contributed by atoms with Crippen molar-refractivity contribution in [3.63, 3.8) is 0 Å². The van der Waals surface area contributed by atoms with Crippen LogP contribution < -0.4 is 9.75 Å². The van der Waals surface area contributed by atoms with E-state index in [9.17, 15) is 31.4 Å². The highest BCUT2D eigenvalue weighted by Crippen LogP contribution is 2.44. The predicted octanol–water partition coefficient (Wildman–Crippen LogP) is 4.63. The normalized spacial score (nSPS) is 19.0. The molecule has 2 aromatic heterocycles. The summed E-state index contributed by atoms with van der Waals surface area (Å²) in [5.41, 5.74) is -5.70. The number of furan rings is 1. The van der Waals surface area contributed by atoms with E-state index < -0.39 is 41.8 Å². The Labute approximate surface area is 181 Å². The zero-order valence-corrected chi connectivity index (χ0v) is 16.6. The van der Waals surface area contributed by atoms with Gasteiger partial charge in [0.05, 0.1) is 25.5 Å². The Morgan fingerprint density at radius 3 is 2.30 bits per heavy atom. The minimum absolute atomic E-state index is 0.0474. The number of rotatable bonds is 4. The topological polar surface area (TPSA) is 84.0 Å². The molecular formula is C20H14F6N4O3. The number of anilines is 1. The Balaban J connectivity index is 1.87. The summed E-state index contributed by atoms with van der Waals surface area (Å²) < 4.78 is 92.1. The number of halogens is 6. The lowest BCUT2D eigenvalue weighted by molar-refractivity contribution is -0.254. The number of aromatic nitrogens is 2. The van der Waals surface area contributed by atoms with Gasteiger partial charge in [-0.05, 0) is 48.0 Å². The summed E-state index contributed by atoms with van der Waals surface area (Å²) in [7, 11) is 1.40. The number of hydrogen-bond donors (Lipinski definition) is 1. The van der Waals surface area contributed by atoms with Crippen LogP contribution in [0.3, 0.4) is 0 Å². The van der Waals surface area contributed by atoms with Crippen LogP contribution in [-0.2, 0) is 6.18 Å². The molecule has 3 aromatic rings. The molecule has 7 nitrogen and oxygen atoms in total. The van der Waals surface area contributed by atoms with Crippen molar-refractivity contribution in [2.75, 3.05) is 12.1 Å². The van der Waals surface area contributed by atoms with Crippen molar-refractivity contribution < 1.29 is 40.6 Å². The fourth-order valence-electron chi connectivity index (χ4n) is 3.15. The van der Waals surface area contributed by atoms with E-state index in [4.69, 9.17) is 9.15 Å². The molecule has 174 valence electrons. The van der Waals surface area contributed by atoms with Crippen molar-refractivity contribution in [3.8, 4) is 17.2 Å². The largest absolute Gasteiger partial charge is 0.497 e. The summed E-state index contributed by atoms with van der Waals surface area (Å²) in [6.07, 6.45) is -10.2. The van der Waals surface area contributed by atoms with E-state index >= 15 is 0 Å². The lowest BCUT2D eigenvalue weighted by Crippen LogP contribution is -2.55. The second-order valence-corrected chi connectivity index (χ2v) is 6.99. The molecule has 0 spiro atoms. The van der Waals surface area contributed by atoms with Crippen LogP contribution in [0.2, 0.25) is 0 Å². The van der Waals surface area contributed by atoms with Crippen LogP contribution >= 0.6 is 0 Å². The highest BCUT2D eigenvalue weighted by molar-refractivity contribution is 6.03. The van der Waals surface area contributed by atoms with Gasteiger partial charge in [-0.15, -0.1) is 0 Å². The predicted molar refractivity (Wildman–Crippen MR) is 102 cm³/mol. The zero-order chi connectivity index (χ0) is 24.0. The third kappa shape index (κ3) is 4.11. The monoisotopic (exact) mass is 472 g/mol. The molecule has 0 fully saturated rings. The molecule has 1 atom stereocenters. The lowest BCUT2D eigenvalue weighted by Gasteiger charge is -2.32. The standard InChI is InChI=1S/C20H14F6N4O3/c1-32-12-6-4-11(5-7-12)14-10-18(31,20(24,25)26)30(29-14)17-27-13(15-3-2-8-33-15)9-16(28-17)19(21,22)23/h2-9,31H,10H2,1H3/t18-/m1/s1. The van der Waals surface area contributed by atoms with Crippen LogP contribution in [0.15, 0.2) is 58.2 Å². The average Bonchev–Trinajstić information content (AvgIpc) is 3.41. The molecule has 3 heterocycles. The number of alkyl halides is 6. The molecule has 0 aliphatic carbocycles. The van der Waals surface area contributed by atoms with Crippen molar-refractivity contribution in [2.24, 2.45) is 5.10 Å². The summed E-state index contributed by atoms with van der Waals surface area (Å²) in [6, 6.07) is 8.90. The number of ether oxygens (including phenoxy) is 1. The second kappa shape index (κ2) is 7.76. The Hall–Kier alpha value is -3.61. The van der Waals surface area contributed by atoms with Gasteiger partial charge in [-0.1, -0.05) is 0 Å². The first-order chi connectivity index (χ1) is 15.4. The number of benzene rings is 1. The number of hydrazone groups is 1. The molecule has 0 saturated carbocycles. The van der Waals surface area contributed by atoms with Crippen LogP contribution in [0.4, 0.5) is 32.3 Å². The Morgan fingerprint density at radius 2 is 1.76 bits per heavy atom. The van der Waals surface area contributed by atoms with Crippen LogP contribution in [0, 0.1) is 0 Å². The fraction of sp³-hybridized carbons (Fsp3) is 0.250. The van der Waals surface area contributed by atoms with Gasteiger partial charge < -0.3 is 14.3 Å². The van der Waals surface area contributed by atoms with E-state index in [-0.39, 0.29) is 22.0 Å². The Morgan fingerprint density at radius 1 is 1.06 bits per heavy atom. The molecule has 1 N–H and O–H groups in total. The van der Waals surface area contributed by atoms with Gasteiger partial charge in [0.2, 0.25) is 5.95 Å². The van der Waals surface area contributed by atoms with Gasteiger partial charge in [-0.3, -0.25) is 0 Å².